The van der Waals surface area contributed by atoms with Gasteiger partial charge in [0, 0.05) is 19.6 Å². The largest absolute Gasteiger partial charge is 0.378 e. The van der Waals surface area contributed by atoms with Crippen LogP contribution in [0.3, 0.4) is 0 Å². The Hall–Kier alpha value is -1.66. The molecule has 2 N–H and O–H groups in total. The molecule has 3 heterocycles. The van der Waals surface area contributed by atoms with E-state index in [1.807, 2.05) is 19.1 Å². The van der Waals surface area contributed by atoms with Gasteiger partial charge in [-0.05, 0) is 38.4 Å². The first-order chi connectivity index (χ1) is 10.7. The summed E-state index contributed by atoms with van der Waals surface area (Å²) in [6.07, 6.45) is 3.70. The third-order valence-corrected chi connectivity index (χ3v) is 4.49. The van der Waals surface area contributed by atoms with E-state index in [0.717, 1.165) is 63.7 Å². The van der Waals surface area contributed by atoms with Gasteiger partial charge in [-0.3, -0.25) is 4.79 Å². The maximum atomic E-state index is 12.5. The predicted octanol–water partition coefficient (Wildman–Crippen LogP) is 1.25. The van der Waals surface area contributed by atoms with Gasteiger partial charge in [0.25, 0.3) is 0 Å². The Labute approximate surface area is 131 Å². The van der Waals surface area contributed by atoms with E-state index in [2.05, 4.69) is 20.5 Å². The first-order valence-electron chi connectivity index (χ1n) is 7.98. The Bertz CT molecular complexity index is 505. The molecule has 2 aliphatic rings. The number of anilines is 2. The van der Waals surface area contributed by atoms with Gasteiger partial charge in [-0.15, -0.1) is 0 Å². The van der Waals surface area contributed by atoms with Crippen molar-refractivity contribution in [1.82, 2.24) is 10.3 Å². The van der Waals surface area contributed by atoms with Gasteiger partial charge in [0.05, 0.1) is 30.5 Å². The molecular formula is C16H24N4O2. The summed E-state index contributed by atoms with van der Waals surface area (Å²) in [7, 11) is 0. The van der Waals surface area contributed by atoms with Gasteiger partial charge in [-0.2, -0.15) is 0 Å². The number of piperidine rings is 1. The first-order valence-corrected chi connectivity index (χ1v) is 7.98. The second-order valence-electron chi connectivity index (χ2n) is 6.30. The van der Waals surface area contributed by atoms with E-state index in [0.29, 0.717) is 0 Å². The molecule has 1 aromatic rings. The number of amides is 1. The van der Waals surface area contributed by atoms with Crippen LogP contribution >= 0.6 is 0 Å². The van der Waals surface area contributed by atoms with Crippen molar-refractivity contribution in [2.75, 3.05) is 49.6 Å². The molecule has 2 fully saturated rings. The second-order valence-corrected chi connectivity index (χ2v) is 6.30. The normalized spacial score (nSPS) is 25.8. The van der Waals surface area contributed by atoms with Crippen molar-refractivity contribution in [2.24, 2.45) is 5.41 Å². The van der Waals surface area contributed by atoms with E-state index >= 15 is 0 Å². The van der Waals surface area contributed by atoms with Gasteiger partial charge < -0.3 is 20.3 Å². The van der Waals surface area contributed by atoms with E-state index < -0.39 is 0 Å². The molecule has 0 radical (unpaired) electrons. The number of hydrogen-bond donors (Lipinski definition) is 2. The summed E-state index contributed by atoms with van der Waals surface area (Å²) in [6.45, 7) is 6.96. The average molecular weight is 304 g/mol. The van der Waals surface area contributed by atoms with Gasteiger partial charge >= 0.3 is 0 Å². The highest BCUT2D eigenvalue weighted by Gasteiger charge is 2.34. The molecule has 22 heavy (non-hydrogen) atoms. The molecular weight excluding hydrogens is 280 g/mol. The fraction of sp³-hybridized carbons (Fsp3) is 0.625. The fourth-order valence-corrected chi connectivity index (χ4v) is 2.97. The number of pyridine rings is 1. The summed E-state index contributed by atoms with van der Waals surface area (Å²) in [4.78, 5) is 19.1. The van der Waals surface area contributed by atoms with Gasteiger partial charge in [-0.1, -0.05) is 0 Å². The maximum absolute atomic E-state index is 12.5. The van der Waals surface area contributed by atoms with Crippen LogP contribution in [0.4, 0.5) is 11.5 Å². The Morgan fingerprint density at radius 3 is 2.86 bits per heavy atom. The van der Waals surface area contributed by atoms with E-state index in [4.69, 9.17) is 4.74 Å². The summed E-state index contributed by atoms with van der Waals surface area (Å²) in [5.41, 5.74) is 0.426. The predicted molar refractivity (Wildman–Crippen MR) is 86.1 cm³/mol. The van der Waals surface area contributed by atoms with Crippen molar-refractivity contribution in [3.05, 3.63) is 18.3 Å². The molecule has 0 bridgehead atoms. The summed E-state index contributed by atoms with van der Waals surface area (Å²) < 4.78 is 5.34. The second kappa shape index (κ2) is 6.62. The topological polar surface area (TPSA) is 66.5 Å². The lowest BCUT2D eigenvalue weighted by Gasteiger charge is -2.32. The lowest BCUT2D eigenvalue weighted by Crippen LogP contribution is -2.46. The van der Waals surface area contributed by atoms with Gasteiger partial charge in [0.15, 0.2) is 0 Å². The number of ether oxygens (including phenoxy) is 1. The van der Waals surface area contributed by atoms with Gasteiger partial charge in [0.2, 0.25) is 5.91 Å². The van der Waals surface area contributed by atoms with Crippen molar-refractivity contribution in [3.8, 4) is 0 Å². The molecule has 6 heteroatoms. The number of aromatic nitrogens is 1. The van der Waals surface area contributed by atoms with E-state index in [-0.39, 0.29) is 11.3 Å². The molecule has 120 valence electrons. The highest BCUT2D eigenvalue weighted by molar-refractivity contribution is 5.95. The molecule has 0 saturated carbocycles. The standard InChI is InChI=1S/C16H24N4O2/c1-16(5-2-6-17-12-16)15(21)19-13-3-4-14(18-11-13)20-7-9-22-10-8-20/h3-4,11,17H,2,5-10,12H2,1H3,(H,19,21). The van der Waals surface area contributed by atoms with Gasteiger partial charge in [0.1, 0.15) is 5.82 Å². The van der Waals surface area contributed by atoms with Crippen molar-refractivity contribution < 1.29 is 9.53 Å². The van der Waals surface area contributed by atoms with Crippen LogP contribution in [-0.2, 0) is 9.53 Å². The zero-order valence-corrected chi connectivity index (χ0v) is 13.1. The quantitative estimate of drug-likeness (QED) is 0.880. The summed E-state index contributed by atoms with van der Waals surface area (Å²) in [5.74, 6) is 1.01. The van der Waals surface area contributed by atoms with E-state index in [1.165, 1.54) is 0 Å². The van der Waals surface area contributed by atoms with Crippen LogP contribution in [0.25, 0.3) is 0 Å². The Morgan fingerprint density at radius 2 is 2.23 bits per heavy atom. The first kappa shape index (κ1) is 15.2. The van der Waals surface area contributed by atoms with Crippen molar-refractivity contribution >= 4 is 17.4 Å². The molecule has 1 amide bonds. The smallest absolute Gasteiger partial charge is 0.231 e. The molecule has 2 aliphatic heterocycles. The van der Waals surface area contributed by atoms with Crippen molar-refractivity contribution in [1.29, 1.82) is 0 Å². The zero-order chi connectivity index (χ0) is 15.4. The maximum Gasteiger partial charge on any atom is 0.231 e. The van der Waals surface area contributed by atoms with Crippen LogP contribution in [0.5, 0.6) is 0 Å². The number of carbonyl (C=O) groups excluding carboxylic acids is 1. The van der Waals surface area contributed by atoms with Crippen LogP contribution in [0, 0.1) is 5.41 Å². The Kier molecular flexibility index (Phi) is 4.59. The monoisotopic (exact) mass is 304 g/mol. The third kappa shape index (κ3) is 3.39. The Balaban J connectivity index is 1.61. The summed E-state index contributed by atoms with van der Waals surface area (Å²) in [6, 6.07) is 3.89. The number of rotatable bonds is 3. The molecule has 2 saturated heterocycles. The highest BCUT2D eigenvalue weighted by atomic mass is 16.5. The van der Waals surface area contributed by atoms with Crippen LogP contribution in [0.2, 0.25) is 0 Å². The minimum Gasteiger partial charge on any atom is -0.378 e. The van der Waals surface area contributed by atoms with E-state index in [1.54, 1.807) is 6.20 Å². The van der Waals surface area contributed by atoms with Gasteiger partial charge in [-0.25, -0.2) is 4.98 Å². The third-order valence-electron chi connectivity index (χ3n) is 4.49. The zero-order valence-electron chi connectivity index (χ0n) is 13.1. The Morgan fingerprint density at radius 1 is 1.41 bits per heavy atom. The minimum atomic E-state index is -0.332. The van der Waals surface area contributed by atoms with Crippen LogP contribution in [0.1, 0.15) is 19.8 Å². The van der Waals surface area contributed by atoms with Crippen LogP contribution in [0.15, 0.2) is 18.3 Å². The lowest BCUT2D eigenvalue weighted by molar-refractivity contribution is -0.125. The fourth-order valence-electron chi connectivity index (χ4n) is 2.97. The molecule has 1 unspecified atom stereocenters. The summed E-state index contributed by atoms with van der Waals surface area (Å²) >= 11 is 0. The van der Waals surface area contributed by atoms with E-state index in [9.17, 15) is 4.79 Å². The number of morpholine rings is 1. The minimum absolute atomic E-state index is 0.0700. The number of nitrogens with zero attached hydrogens (tertiary/aromatic N) is 2. The molecule has 0 spiro atoms. The highest BCUT2D eigenvalue weighted by Crippen LogP contribution is 2.27. The molecule has 0 aromatic carbocycles. The molecule has 1 aromatic heterocycles. The number of nitrogens with one attached hydrogen (secondary N) is 2. The summed E-state index contributed by atoms with van der Waals surface area (Å²) in [5, 5.41) is 6.30. The average Bonchev–Trinajstić information content (AvgIpc) is 2.57. The number of carbonyl (C=O) groups is 1. The number of hydrogen-bond acceptors (Lipinski definition) is 5. The SMILES string of the molecule is CC1(C(=O)Nc2ccc(N3CCOCC3)nc2)CCCNC1. The molecule has 1 atom stereocenters. The molecule has 0 aliphatic carbocycles. The lowest BCUT2D eigenvalue weighted by atomic mass is 9.82. The van der Waals surface area contributed by atoms with Crippen molar-refractivity contribution in [3.63, 3.8) is 0 Å². The van der Waals surface area contributed by atoms with Crippen LogP contribution in [-0.4, -0.2) is 50.3 Å². The molecule has 3 rings (SSSR count). The molecule has 6 nitrogen and oxygen atoms in total. The van der Waals surface area contributed by atoms with Crippen molar-refractivity contribution in [2.45, 2.75) is 19.8 Å². The van der Waals surface area contributed by atoms with Crippen LogP contribution < -0.4 is 15.5 Å².